The number of hydrogen-bond acceptors (Lipinski definition) is 4. The van der Waals surface area contributed by atoms with E-state index in [1.165, 1.54) is 76.8 Å². The molecule has 31 heavy (non-hydrogen) atoms. The van der Waals surface area contributed by atoms with Crippen LogP contribution in [0.2, 0.25) is 0 Å². The Labute approximate surface area is 188 Å². The van der Waals surface area contributed by atoms with E-state index in [9.17, 15) is 4.79 Å². The van der Waals surface area contributed by atoms with E-state index in [2.05, 4.69) is 41.9 Å². The Morgan fingerprint density at radius 1 is 1.00 bits per heavy atom. The van der Waals surface area contributed by atoms with Gasteiger partial charge in [0.05, 0.1) is 18.1 Å². The molecule has 5 aliphatic rings. The van der Waals surface area contributed by atoms with Crippen molar-refractivity contribution in [2.24, 2.45) is 11.3 Å². The second kappa shape index (κ2) is 8.90. The molecule has 5 rings (SSSR count). The summed E-state index contributed by atoms with van der Waals surface area (Å²) in [5, 5.41) is 0. The van der Waals surface area contributed by atoms with Crippen molar-refractivity contribution in [3.63, 3.8) is 0 Å². The largest absolute Gasteiger partial charge is 0.372 e. The molecule has 0 aromatic heterocycles. The highest BCUT2D eigenvalue weighted by atomic mass is 16.5. The van der Waals surface area contributed by atoms with Crippen molar-refractivity contribution in [1.29, 1.82) is 0 Å². The highest BCUT2D eigenvalue weighted by molar-refractivity contribution is 5.81. The van der Waals surface area contributed by atoms with E-state index in [1.54, 1.807) is 0 Å². The number of nitrogens with zero attached hydrogens (tertiary/aromatic N) is 3. The van der Waals surface area contributed by atoms with Gasteiger partial charge in [0.2, 0.25) is 5.91 Å². The molecule has 3 aliphatic heterocycles. The lowest BCUT2D eigenvalue weighted by Gasteiger charge is -2.50. The molecule has 0 aromatic rings. The summed E-state index contributed by atoms with van der Waals surface area (Å²) < 4.78 is 5.79. The zero-order valence-electron chi connectivity index (χ0n) is 19.6. The van der Waals surface area contributed by atoms with E-state index >= 15 is 0 Å². The number of allylic oxidation sites excluding steroid dienone is 2. The van der Waals surface area contributed by atoms with E-state index in [0.717, 1.165) is 25.6 Å². The van der Waals surface area contributed by atoms with E-state index in [0.29, 0.717) is 5.41 Å². The molecule has 3 heterocycles. The molecule has 3 saturated heterocycles. The van der Waals surface area contributed by atoms with Gasteiger partial charge < -0.3 is 19.4 Å². The number of carbonyl (C=O) groups excluding carboxylic acids is 1. The van der Waals surface area contributed by atoms with Gasteiger partial charge in [-0.05, 0) is 83.4 Å². The number of hydrogen-bond donors (Lipinski definition) is 0. The van der Waals surface area contributed by atoms with Gasteiger partial charge in [-0.1, -0.05) is 18.6 Å². The number of amides is 1. The minimum Gasteiger partial charge on any atom is -0.372 e. The van der Waals surface area contributed by atoms with Gasteiger partial charge in [-0.15, -0.1) is 0 Å². The predicted molar refractivity (Wildman–Crippen MR) is 124 cm³/mol. The smallest absolute Gasteiger partial charge is 0.229 e. The van der Waals surface area contributed by atoms with Crippen molar-refractivity contribution in [2.75, 3.05) is 39.3 Å². The van der Waals surface area contributed by atoms with Gasteiger partial charge in [0.1, 0.15) is 0 Å². The predicted octanol–water partition coefficient (Wildman–Crippen LogP) is 3.81. The normalized spacial score (nSPS) is 34.5. The van der Waals surface area contributed by atoms with Gasteiger partial charge in [0.25, 0.3) is 0 Å². The Kier molecular flexibility index (Phi) is 6.17. The van der Waals surface area contributed by atoms with Crippen LogP contribution in [0.1, 0.15) is 65.2 Å². The van der Waals surface area contributed by atoms with Gasteiger partial charge in [-0.3, -0.25) is 4.79 Å². The second-order valence-electron chi connectivity index (χ2n) is 10.9. The van der Waals surface area contributed by atoms with Gasteiger partial charge in [0, 0.05) is 37.9 Å². The topological polar surface area (TPSA) is 36.0 Å². The molecule has 1 saturated carbocycles. The Morgan fingerprint density at radius 2 is 1.65 bits per heavy atom. The van der Waals surface area contributed by atoms with Crippen molar-refractivity contribution in [2.45, 2.75) is 83.5 Å². The first-order chi connectivity index (χ1) is 15.0. The molecule has 5 nitrogen and oxygen atoms in total. The maximum absolute atomic E-state index is 13.0. The van der Waals surface area contributed by atoms with Crippen LogP contribution in [0.3, 0.4) is 0 Å². The Bertz CT molecular complexity index is 700. The van der Waals surface area contributed by atoms with Crippen LogP contribution in [0.25, 0.3) is 0 Å². The van der Waals surface area contributed by atoms with Crippen LogP contribution in [0, 0.1) is 11.3 Å². The van der Waals surface area contributed by atoms with Crippen LogP contribution in [0.15, 0.2) is 23.9 Å². The van der Waals surface area contributed by atoms with E-state index < -0.39 is 0 Å². The molecule has 5 heteroatoms. The number of morpholine rings is 1. The molecular formula is C26H41N3O2. The van der Waals surface area contributed by atoms with Crippen LogP contribution in [-0.4, -0.2) is 78.1 Å². The summed E-state index contributed by atoms with van der Waals surface area (Å²) in [5.74, 6) is 0.262. The second-order valence-corrected chi connectivity index (χ2v) is 10.9. The van der Waals surface area contributed by atoms with E-state index in [1.807, 2.05) is 4.90 Å². The first-order valence-electron chi connectivity index (χ1n) is 12.8. The number of ether oxygens (including phenoxy) is 1. The summed E-state index contributed by atoms with van der Waals surface area (Å²) in [7, 11) is 0. The fourth-order valence-electron chi connectivity index (χ4n) is 6.47. The monoisotopic (exact) mass is 427 g/mol. The molecule has 0 aromatic carbocycles. The summed E-state index contributed by atoms with van der Waals surface area (Å²) in [6.07, 6.45) is 17.6. The average Bonchev–Trinajstić information content (AvgIpc) is 2.74. The summed E-state index contributed by atoms with van der Waals surface area (Å²) in [6, 6.07) is 0.912. The van der Waals surface area contributed by atoms with Crippen LogP contribution in [-0.2, 0) is 9.53 Å². The molecule has 4 fully saturated rings. The molecule has 1 spiro atoms. The summed E-state index contributed by atoms with van der Waals surface area (Å²) in [6.45, 7) is 10.6. The van der Waals surface area contributed by atoms with Crippen molar-refractivity contribution in [3.05, 3.63) is 23.9 Å². The quantitative estimate of drug-likeness (QED) is 0.686. The Hall–Kier alpha value is -1.33. The van der Waals surface area contributed by atoms with Crippen molar-refractivity contribution < 1.29 is 9.53 Å². The number of likely N-dealkylation sites (tertiary alicyclic amines) is 2. The fourth-order valence-corrected chi connectivity index (χ4v) is 6.47. The highest BCUT2D eigenvalue weighted by Crippen LogP contribution is 2.43. The Morgan fingerprint density at radius 3 is 2.19 bits per heavy atom. The molecule has 3 atom stereocenters. The number of piperidine rings is 2. The molecule has 1 amide bonds. The minimum atomic E-state index is -0.00628. The zero-order valence-corrected chi connectivity index (χ0v) is 19.6. The molecule has 0 bridgehead atoms. The lowest BCUT2D eigenvalue weighted by Crippen LogP contribution is -2.50. The van der Waals surface area contributed by atoms with E-state index in [-0.39, 0.29) is 24.0 Å². The summed E-state index contributed by atoms with van der Waals surface area (Å²) >= 11 is 0. The molecule has 3 unspecified atom stereocenters. The number of rotatable bonds is 3. The van der Waals surface area contributed by atoms with Gasteiger partial charge >= 0.3 is 0 Å². The standard InChI is InChI=1S/C26H41N3O2/c1-20-18-29(19-21(2)31-20)25(30)22-6-8-24(9-7-22)28-16-12-26(13-17-28)10-14-27(15-11-26)23-4-3-5-23/h6,8-9,20-23H,3-5,7,10-19H2,1-2H3. The molecule has 0 N–H and O–H groups in total. The van der Waals surface area contributed by atoms with Crippen LogP contribution >= 0.6 is 0 Å². The fraction of sp³-hybridized carbons (Fsp3) is 0.808. The molecule has 172 valence electrons. The van der Waals surface area contributed by atoms with Gasteiger partial charge in [0.15, 0.2) is 0 Å². The highest BCUT2D eigenvalue weighted by Gasteiger charge is 2.40. The average molecular weight is 428 g/mol. The maximum atomic E-state index is 13.0. The first-order valence-corrected chi connectivity index (χ1v) is 12.8. The maximum Gasteiger partial charge on any atom is 0.229 e. The van der Waals surface area contributed by atoms with Crippen molar-refractivity contribution >= 4 is 5.91 Å². The minimum absolute atomic E-state index is 0.00628. The number of carbonyl (C=O) groups is 1. The third-order valence-corrected chi connectivity index (χ3v) is 8.77. The lowest BCUT2D eigenvalue weighted by atomic mass is 9.70. The lowest BCUT2D eigenvalue weighted by molar-refractivity contribution is -0.145. The van der Waals surface area contributed by atoms with Crippen LogP contribution in [0.4, 0.5) is 0 Å². The zero-order chi connectivity index (χ0) is 21.4. The van der Waals surface area contributed by atoms with E-state index in [4.69, 9.17) is 4.74 Å². The third kappa shape index (κ3) is 4.59. The van der Waals surface area contributed by atoms with Crippen molar-refractivity contribution in [1.82, 2.24) is 14.7 Å². The van der Waals surface area contributed by atoms with Gasteiger partial charge in [-0.2, -0.15) is 0 Å². The van der Waals surface area contributed by atoms with Crippen molar-refractivity contribution in [3.8, 4) is 0 Å². The first kappa shape index (κ1) is 21.5. The third-order valence-electron chi connectivity index (χ3n) is 8.77. The Balaban J connectivity index is 1.10. The summed E-state index contributed by atoms with van der Waals surface area (Å²) in [4.78, 5) is 20.4. The molecular weight excluding hydrogens is 386 g/mol. The molecule has 0 radical (unpaired) electrons. The van der Waals surface area contributed by atoms with Crippen LogP contribution in [0.5, 0.6) is 0 Å². The van der Waals surface area contributed by atoms with Gasteiger partial charge in [-0.25, -0.2) is 0 Å². The SMILES string of the molecule is CC1CN(C(=O)C2C=CC(N3CCC4(CC3)CCN(C3CCC3)CC4)=CC2)CC(C)O1. The summed E-state index contributed by atoms with van der Waals surface area (Å²) in [5.41, 5.74) is 1.94. The molecule has 2 aliphatic carbocycles. The van der Waals surface area contributed by atoms with Crippen LogP contribution < -0.4 is 0 Å².